The van der Waals surface area contributed by atoms with E-state index in [2.05, 4.69) is 13.8 Å². The third kappa shape index (κ3) is 15.8. The van der Waals surface area contributed by atoms with E-state index >= 15 is 0 Å². The maximum Gasteiger partial charge on any atom is 0.373 e. The quantitative estimate of drug-likeness (QED) is 0.111. The first-order valence-electron chi connectivity index (χ1n) is 12.8. The molecule has 0 saturated carbocycles. The van der Waals surface area contributed by atoms with Crippen LogP contribution in [0.2, 0.25) is 0 Å². The van der Waals surface area contributed by atoms with Crippen molar-refractivity contribution in [1.29, 1.82) is 0 Å². The topological polar surface area (TPSA) is 44.8 Å². The van der Waals surface area contributed by atoms with E-state index in [9.17, 15) is 4.79 Å². The molecule has 0 radical (unpaired) electrons. The average Bonchev–Trinajstić information content (AvgIpc) is 2.79. The predicted molar refractivity (Wildman–Crippen MR) is 129 cm³/mol. The molecule has 0 heterocycles. The Balaban J connectivity index is 1.95. The fourth-order valence-electron chi connectivity index (χ4n) is 3.55. The van der Waals surface area contributed by atoms with Crippen LogP contribution < -0.4 is 4.74 Å². The molecule has 4 nitrogen and oxygen atoms in total. The normalized spacial score (nSPS) is 10.9. The van der Waals surface area contributed by atoms with Crippen LogP contribution in [0.4, 0.5) is 0 Å². The van der Waals surface area contributed by atoms with E-state index in [4.69, 9.17) is 14.5 Å². The maximum absolute atomic E-state index is 12.0. The molecule has 0 saturated heterocycles. The van der Waals surface area contributed by atoms with Crippen molar-refractivity contribution in [2.45, 2.75) is 117 Å². The van der Waals surface area contributed by atoms with Crippen molar-refractivity contribution in [3.8, 4) is 5.75 Å². The Morgan fingerprint density at radius 1 is 0.613 bits per heavy atom. The molecule has 0 aliphatic heterocycles. The molecule has 31 heavy (non-hydrogen) atoms. The Morgan fingerprint density at radius 3 is 1.61 bits per heavy atom. The smallest absolute Gasteiger partial charge is 0.373 e. The summed E-state index contributed by atoms with van der Waals surface area (Å²) < 4.78 is 5.69. The molecule has 0 amide bonds. The molecular formula is C27H46O4. The van der Waals surface area contributed by atoms with Gasteiger partial charge in [0.1, 0.15) is 5.75 Å². The molecule has 1 rings (SSSR count). The molecule has 0 fully saturated rings. The lowest BCUT2D eigenvalue weighted by atomic mass is 10.1. The van der Waals surface area contributed by atoms with Crippen molar-refractivity contribution in [1.82, 2.24) is 0 Å². The molecule has 0 aromatic heterocycles. The monoisotopic (exact) mass is 434 g/mol. The number of carbonyl (C=O) groups is 1. The van der Waals surface area contributed by atoms with Gasteiger partial charge in [-0.25, -0.2) is 4.79 Å². The van der Waals surface area contributed by atoms with Gasteiger partial charge in [-0.15, -0.1) is 0 Å². The highest BCUT2D eigenvalue weighted by Gasteiger charge is 2.08. The first-order valence-corrected chi connectivity index (χ1v) is 12.8. The van der Waals surface area contributed by atoms with Gasteiger partial charge in [0.15, 0.2) is 0 Å². The van der Waals surface area contributed by atoms with Crippen LogP contribution in [0, 0.1) is 0 Å². The molecular weight excluding hydrogens is 388 g/mol. The van der Waals surface area contributed by atoms with Crippen LogP contribution in [0.5, 0.6) is 5.75 Å². The largest absolute Gasteiger partial charge is 0.494 e. The van der Waals surface area contributed by atoms with Gasteiger partial charge in [0, 0.05) is 0 Å². The summed E-state index contributed by atoms with van der Waals surface area (Å²) in [5.74, 6) is 0.332. The van der Waals surface area contributed by atoms with Crippen LogP contribution in [0.1, 0.15) is 127 Å². The molecule has 0 aliphatic carbocycles. The summed E-state index contributed by atoms with van der Waals surface area (Å²) in [7, 11) is 0. The number of hydrogen-bond donors (Lipinski definition) is 0. The molecule has 1 aromatic carbocycles. The number of unbranched alkanes of at least 4 members (excludes halogenated alkanes) is 14. The van der Waals surface area contributed by atoms with E-state index < -0.39 is 5.97 Å². The van der Waals surface area contributed by atoms with Gasteiger partial charge >= 0.3 is 5.97 Å². The van der Waals surface area contributed by atoms with E-state index in [0.29, 0.717) is 18.8 Å². The van der Waals surface area contributed by atoms with Crippen molar-refractivity contribution in [2.75, 3.05) is 13.2 Å². The Labute approximate surface area is 191 Å². The molecule has 0 N–H and O–H groups in total. The van der Waals surface area contributed by atoms with Crippen LogP contribution in [0.15, 0.2) is 24.3 Å². The fraction of sp³-hybridized carbons (Fsp3) is 0.741. The van der Waals surface area contributed by atoms with Crippen molar-refractivity contribution < 1.29 is 19.3 Å². The molecule has 178 valence electrons. The van der Waals surface area contributed by atoms with E-state index in [1.165, 1.54) is 83.5 Å². The van der Waals surface area contributed by atoms with E-state index in [1.54, 1.807) is 12.1 Å². The van der Waals surface area contributed by atoms with Crippen LogP contribution >= 0.6 is 0 Å². The van der Waals surface area contributed by atoms with Gasteiger partial charge < -0.3 is 4.74 Å². The van der Waals surface area contributed by atoms with Gasteiger partial charge in [-0.05, 0) is 37.1 Å². The first-order chi connectivity index (χ1) is 15.3. The first kappa shape index (κ1) is 27.5. The number of benzene rings is 1. The molecule has 0 bridgehead atoms. The third-order valence-electron chi connectivity index (χ3n) is 5.57. The number of carbonyl (C=O) groups excluding carboxylic acids is 1. The molecule has 1 aromatic rings. The molecule has 0 unspecified atom stereocenters. The van der Waals surface area contributed by atoms with E-state index in [0.717, 1.165) is 25.0 Å². The summed E-state index contributed by atoms with van der Waals surface area (Å²) in [5, 5.41) is 0. The summed E-state index contributed by atoms with van der Waals surface area (Å²) in [4.78, 5) is 22.0. The standard InChI is InChI=1S/C27H46O4/c1-3-5-7-9-10-11-12-13-14-15-16-18-24-30-31-27(28)25-19-21-26(22-20-25)29-23-17-8-6-4-2/h19-22H,3-18,23-24H2,1-2H3. The molecule has 4 heteroatoms. The highest BCUT2D eigenvalue weighted by molar-refractivity contribution is 5.89. The van der Waals surface area contributed by atoms with Gasteiger partial charge in [-0.3, -0.25) is 4.89 Å². The second-order valence-electron chi connectivity index (χ2n) is 8.52. The van der Waals surface area contributed by atoms with Crippen LogP contribution in [0.25, 0.3) is 0 Å². The zero-order chi connectivity index (χ0) is 22.4. The molecule has 0 atom stereocenters. The minimum absolute atomic E-state index is 0.451. The summed E-state index contributed by atoms with van der Waals surface area (Å²) in [6.07, 6.45) is 20.3. The predicted octanol–water partition coefficient (Wildman–Crippen LogP) is 8.44. The average molecular weight is 435 g/mol. The van der Waals surface area contributed by atoms with Crippen LogP contribution in [-0.2, 0) is 9.78 Å². The SMILES string of the molecule is CCCCCCCCCCCCCCOOC(=O)c1ccc(OCCCCCC)cc1. The summed E-state index contributed by atoms with van der Waals surface area (Å²) in [6.45, 7) is 5.63. The summed E-state index contributed by atoms with van der Waals surface area (Å²) >= 11 is 0. The van der Waals surface area contributed by atoms with Gasteiger partial charge in [0.25, 0.3) is 0 Å². The second-order valence-corrected chi connectivity index (χ2v) is 8.52. The van der Waals surface area contributed by atoms with Gasteiger partial charge in [-0.2, -0.15) is 4.89 Å². The Hall–Kier alpha value is -1.55. The van der Waals surface area contributed by atoms with Crippen molar-refractivity contribution in [3.63, 3.8) is 0 Å². The highest BCUT2D eigenvalue weighted by Crippen LogP contribution is 2.15. The van der Waals surface area contributed by atoms with Crippen molar-refractivity contribution in [2.24, 2.45) is 0 Å². The highest BCUT2D eigenvalue weighted by atomic mass is 17.2. The number of rotatable bonds is 21. The lowest BCUT2D eigenvalue weighted by molar-refractivity contribution is -0.241. The zero-order valence-electron chi connectivity index (χ0n) is 20.2. The second kappa shape index (κ2) is 20.4. The minimum Gasteiger partial charge on any atom is -0.494 e. The Morgan fingerprint density at radius 2 is 1.06 bits per heavy atom. The third-order valence-corrected chi connectivity index (χ3v) is 5.57. The van der Waals surface area contributed by atoms with E-state index in [1.807, 2.05) is 12.1 Å². The van der Waals surface area contributed by atoms with Crippen molar-refractivity contribution >= 4 is 5.97 Å². The zero-order valence-corrected chi connectivity index (χ0v) is 20.2. The molecule has 0 spiro atoms. The Kier molecular flexibility index (Phi) is 18.0. The van der Waals surface area contributed by atoms with Crippen LogP contribution in [-0.4, -0.2) is 19.2 Å². The maximum atomic E-state index is 12.0. The fourth-order valence-corrected chi connectivity index (χ4v) is 3.55. The van der Waals surface area contributed by atoms with Gasteiger partial charge in [-0.1, -0.05) is 104 Å². The minimum atomic E-state index is -0.451. The summed E-state index contributed by atoms with van der Waals surface area (Å²) in [5.41, 5.74) is 0.480. The van der Waals surface area contributed by atoms with Gasteiger partial charge in [0.2, 0.25) is 0 Å². The Bertz CT molecular complexity index is 527. The number of ether oxygens (including phenoxy) is 1. The lowest BCUT2D eigenvalue weighted by Gasteiger charge is -2.07. The number of hydrogen-bond acceptors (Lipinski definition) is 4. The lowest BCUT2D eigenvalue weighted by Crippen LogP contribution is -2.07. The van der Waals surface area contributed by atoms with Gasteiger partial charge in [0.05, 0.1) is 18.8 Å². The van der Waals surface area contributed by atoms with Crippen molar-refractivity contribution in [3.05, 3.63) is 29.8 Å². The van der Waals surface area contributed by atoms with E-state index in [-0.39, 0.29) is 0 Å². The van der Waals surface area contributed by atoms with Crippen LogP contribution in [0.3, 0.4) is 0 Å². The summed E-state index contributed by atoms with van der Waals surface area (Å²) in [6, 6.07) is 7.05. The molecule has 0 aliphatic rings.